The molecule has 1 atom stereocenters. The first kappa shape index (κ1) is 28.2. The van der Waals surface area contributed by atoms with Crippen molar-refractivity contribution in [3.05, 3.63) is 89.2 Å². The van der Waals surface area contributed by atoms with E-state index in [1.165, 1.54) is 0 Å². The smallest absolute Gasteiger partial charge is 0.229 e. The molecule has 0 radical (unpaired) electrons. The van der Waals surface area contributed by atoms with Crippen LogP contribution in [-0.4, -0.2) is 49.4 Å². The van der Waals surface area contributed by atoms with E-state index in [9.17, 15) is 27.6 Å². The minimum absolute atomic E-state index is 0.00794. The van der Waals surface area contributed by atoms with Crippen molar-refractivity contribution in [1.29, 1.82) is 0 Å². The lowest BCUT2D eigenvalue weighted by atomic mass is 9.89. The standard InChI is InChI=1S/C31H30F3N3O4/c1-41-24-4-2-3-23(16-24)37-18-21(15-29(37)39)31(40)36-13-11-20(12-14-36)19-5-7-22(8-6-19)35-28(38)17-25-26(32)9-10-27(33)30(25)34/h2-10,16,20-21H,11-15,17-18H2,1H3,(H,35,38). The molecule has 5 rings (SSSR count). The zero-order valence-electron chi connectivity index (χ0n) is 22.5. The van der Waals surface area contributed by atoms with Crippen LogP contribution in [0.4, 0.5) is 24.5 Å². The van der Waals surface area contributed by atoms with Gasteiger partial charge >= 0.3 is 0 Å². The number of ether oxygens (including phenoxy) is 1. The first-order valence-electron chi connectivity index (χ1n) is 13.5. The first-order chi connectivity index (χ1) is 19.7. The summed E-state index contributed by atoms with van der Waals surface area (Å²) in [5.74, 6) is -3.82. The molecule has 214 valence electrons. The number of likely N-dealkylation sites (tertiary alicyclic amines) is 1. The number of nitrogens with zero attached hydrogens (tertiary/aromatic N) is 2. The average Bonchev–Trinajstić information content (AvgIpc) is 3.39. The molecule has 2 fully saturated rings. The van der Waals surface area contributed by atoms with Gasteiger partial charge in [-0.1, -0.05) is 18.2 Å². The van der Waals surface area contributed by atoms with Crippen LogP contribution in [0.25, 0.3) is 0 Å². The second kappa shape index (κ2) is 12.0. The van der Waals surface area contributed by atoms with Crippen molar-refractivity contribution in [2.75, 3.05) is 37.0 Å². The van der Waals surface area contributed by atoms with Gasteiger partial charge in [-0.15, -0.1) is 0 Å². The van der Waals surface area contributed by atoms with Gasteiger partial charge < -0.3 is 19.9 Å². The van der Waals surface area contributed by atoms with Gasteiger partial charge in [0, 0.05) is 49.1 Å². The summed E-state index contributed by atoms with van der Waals surface area (Å²) >= 11 is 0. The van der Waals surface area contributed by atoms with Gasteiger partial charge in [-0.3, -0.25) is 14.4 Å². The summed E-state index contributed by atoms with van der Waals surface area (Å²) in [4.78, 5) is 41.7. The maximum absolute atomic E-state index is 13.9. The normalized spacial score (nSPS) is 17.6. The highest BCUT2D eigenvalue weighted by molar-refractivity contribution is 6.00. The zero-order chi connectivity index (χ0) is 29.1. The van der Waals surface area contributed by atoms with Crippen LogP contribution in [0.1, 0.15) is 36.3 Å². The van der Waals surface area contributed by atoms with Crippen LogP contribution in [-0.2, 0) is 20.8 Å². The van der Waals surface area contributed by atoms with Crippen molar-refractivity contribution >= 4 is 29.1 Å². The third-order valence-electron chi connectivity index (χ3n) is 7.79. The Kier molecular flexibility index (Phi) is 8.28. The van der Waals surface area contributed by atoms with Crippen LogP contribution in [0.5, 0.6) is 5.75 Å². The summed E-state index contributed by atoms with van der Waals surface area (Å²) < 4.78 is 46.4. The Bertz CT molecular complexity index is 1460. The van der Waals surface area contributed by atoms with Crippen LogP contribution < -0.4 is 15.0 Å². The van der Waals surface area contributed by atoms with Crippen LogP contribution in [0.15, 0.2) is 60.7 Å². The number of benzene rings is 3. The van der Waals surface area contributed by atoms with E-state index in [1.807, 2.05) is 29.2 Å². The number of carbonyl (C=O) groups excluding carboxylic acids is 3. The van der Waals surface area contributed by atoms with Gasteiger partial charge in [0.2, 0.25) is 17.7 Å². The number of methoxy groups -OCH3 is 1. The van der Waals surface area contributed by atoms with Gasteiger partial charge in [0.1, 0.15) is 11.6 Å². The number of rotatable bonds is 7. The molecular formula is C31H30F3N3O4. The minimum Gasteiger partial charge on any atom is -0.497 e. The summed E-state index contributed by atoms with van der Waals surface area (Å²) in [6, 6.07) is 15.9. The molecule has 2 saturated heterocycles. The van der Waals surface area contributed by atoms with Crippen LogP contribution in [0.3, 0.4) is 0 Å². The van der Waals surface area contributed by atoms with Crippen molar-refractivity contribution in [3.8, 4) is 5.75 Å². The topological polar surface area (TPSA) is 79.0 Å². The molecule has 41 heavy (non-hydrogen) atoms. The number of amides is 3. The Labute approximate surface area is 235 Å². The van der Waals surface area contributed by atoms with Crippen molar-refractivity contribution in [1.82, 2.24) is 4.90 Å². The summed E-state index contributed by atoms with van der Waals surface area (Å²) in [6.45, 7) is 1.50. The minimum atomic E-state index is -1.37. The van der Waals surface area contributed by atoms with E-state index in [2.05, 4.69) is 5.32 Å². The first-order valence-corrected chi connectivity index (χ1v) is 13.5. The molecular weight excluding hydrogens is 535 g/mol. The van der Waals surface area contributed by atoms with Crippen molar-refractivity contribution in [2.24, 2.45) is 5.92 Å². The van der Waals surface area contributed by atoms with Crippen LogP contribution in [0, 0.1) is 23.4 Å². The molecule has 2 aliphatic rings. The van der Waals surface area contributed by atoms with E-state index in [0.29, 0.717) is 37.1 Å². The number of hydrogen-bond acceptors (Lipinski definition) is 4. The molecule has 10 heteroatoms. The van der Waals surface area contributed by atoms with Gasteiger partial charge in [0.05, 0.1) is 19.4 Å². The Morgan fingerprint density at radius 1 is 0.976 bits per heavy atom. The SMILES string of the molecule is COc1cccc(N2CC(C(=O)N3CCC(c4ccc(NC(=O)Cc5c(F)ccc(F)c5F)cc4)CC3)CC2=O)c1. The Hall–Kier alpha value is -4.34. The molecule has 0 saturated carbocycles. The van der Waals surface area contributed by atoms with E-state index in [1.54, 1.807) is 36.3 Å². The van der Waals surface area contributed by atoms with Crippen LogP contribution >= 0.6 is 0 Å². The molecule has 3 aromatic rings. The maximum Gasteiger partial charge on any atom is 0.229 e. The molecule has 0 bridgehead atoms. The summed E-state index contributed by atoms with van der Waals surface area (Å²) in [7, 11) is 1.57. The molecule has 1 unspecified atom stereocenters. The summed E-state index contributed by atoms with van der Waals surface area (Å²) in [6.07, 6.45) is 1.07. The Morgan fingerprint density at radius 2 is 1.68 bits per heavy atom. The van der Waals surface area contributed by atoms with Gasteiger partial charge in [-0.25, -0.2) is 13.2 Å². The highest BCUT2D eigenvalue weighted by Gasteiger charge is 2.38. The van der Waals surface area contributed by atoms with E-state index < -0.39 is 35.3 Å². The summed E-state index contributed by atoms with van der Waals surface area (Å²) in [5, 5.41) is 2.59. The Morgan fingerprint density at radius 3 is 2.39 bits per heavy atom. The monoisotopic (exact) mass is 565 g/mol. The number of halogens is 3. The number of nitrogens with one attached hydrogen (secondary N) is 1. The average molecular weight is 566 g/mol. The molecule has 0 aliphatic carbocycles. The maximum atomic E-state index is 13.9. The lowest BCUT2D eigenvalue weighted by molar-refractivity contribution is -0.136. The van der Waals surface area contributed by atoms with Gasteiger partial charge in [-0.2, -0.15) is 0 Å². The lowest BCUT2D eigenvalue weighted by Gasteiger charge is -2.33. The fourth-order valence-electron chi connectivity index (χ4n) is 5.53. The van der Waals surface area contributed by atoms with E-state index >= 15 is 0 Å². The second-order valence-electron chi connectivity index (χ2n) is 10.4. The number of anilines is 2. The van der Waals surface area contributed by atoms with Gasteiger partial charge in [0.15, 0.2) is 11.6 Å². The quantitative estimate of drug-likeness (QED) is 0.407. The second-order valence-corrected chi connectivity index (χ2v) is 10.4. The molecule has 7 nitrogen and oxygen atoms in total. The molecule has 1 N–H and O–H groups in total. The fourth-order valence-corrected chi connectivity index (χ4v) is 5.53. The molecule has 0 spiro atoms. The number of hydrogen-bond donors (Lipinski definition) is 1. The number of piperidine rings is 1. The molecule has 2 heterocycles. The highest BCUT2D eigenvalue weighted by Crippen LogP contribution is 2.32. The van der Waals surface area contributed by atoms with E-state index in [4.69, 9.17) is 4.74 Å². The highest BCUT2D eigenvalue weighted by atomic mass is 19.2. The molecule has 2 aliphatic heterocycles. The lowest BCUT2D eigenvalue weighted by Crippen LogP contribution is -2.42. The van der Waals surface area contributed by atoms with Crippen molar-refractivity contribution < 1.29 is 32.3 Å². The fraction of sp³-hybridized carbons (Fsp3) is 0.323. The number of carbonyl (C=O) groups is 3. The zero-order valence-corrected chi connectivity index (χ0v) is 22.5. The summed E-state index contributed by atoms with van der Waals surface area (Å²) in [5.41, 5.74) is 1.61. The van der Waals surface area contributed by atoms with Crippen molar-refractivity contribution in [3.63, 3.8) is 0 Å². The Balaban J connectivity index is 1.13. The van der Waals surface area contributed by atoms with Gasteiger partial charge in [-0.05, 0) is 60.7 Å². The van der Waals surface area contributed by atoms with Crippen LogP contribution in [0.2, 0.25) is 0 Å². The molecule has 0 aromatic heterocycles. The predicted molar refractivity (Wildman–Crippen MR) is 147 cm³/mol. The predicted octanol–water partition coefficient (Wildman–Crippen LogP) is 5.05. The largest absolute Gasteiger partial charge is 0.497 e. The van der Waals surface area contributed by atoms with Gasteiger partial charge in [0.25, 0.3) is 0 Å². The third-order valence-corrected chi connectivity index (χ3v) is 7.79. The molecule has 3 amide bonds. The van der Waals surface area contributed by atoms with Crippen molar-refractivity contribution in [2.45, 2.75) is 31.6 Å². The van der Waals surface area contributed by atoms with E-state index in [-0.39, 0.29) is 30.1 Å². The van der Waals surface area contributed by atoms with E-state index in [0.717, 1.165) is 30.2 Å². The molecule has 3 aromatic carbocycles. The third kappa shape index (κ3) is 6.21.